The van der Waals surface area contributed by atoms with Gasteiger partial charge in [-0.05, 0) is 24.6 Å². The molecule has 2 aromatic carbocycles. The Labute approximate surface area is 187 Å². The molecule has 2 N–H and O–H groups in total. The van der Waals surface area contributed by atoms with Crippen molar-refractivity contribution in [3.8, 4) is 10.4 Å². The van der Waals surface area contributed by atoms with Gasteiger partial charge >= 0.3 is 11.9 Å². The van der Waals surface area contributed by atoms with E-state index in [0.717, 1.165) is 10.4 Å². The third-order valence-electron chi connectivity index (χ3n) is 4.52. The molecule has 9 heteroatoms. The molecule has 0 atom stereocenters. The zero-order valence-corrected chi connectivity index (χ0v) is 17.9. The number of rotatable bonds is 7. The molecule has 2 aromatic heterocycles. The summed E-state index contributed by atoms with van der Waals surface area (Å²) < 4.78 is 10.2. The quantitative estimate of drug-likeness (QED) is 0.408. The lowest BCUT2D eigenvalue weighted by molar-refractivity contribution is -0.119. The van der Waals surface area contributed by atoms with Gasteiger partial charge in [-0.3, -0.25) is 9.89 Å². The van der Waals surface area contributed by atoms with E-state index in [1.807, 2.05) is 36.4 Å². The number of para-hydroxylation sites is 1. The molecule has 0 radical (unpaired) electrons. The van der Waals surface area contributed by atoms with Crippen LogP contribution >= 0.6 is 11.3 Å². The molecular formula is C23H19N3O5S. The van der Waals surface area contributed by atoms with Crippen molar-refractivity contribution in [1.29, 1.82) is 0 Å². The number of ether oxygens (including phenoxy) is 2. The van der Waals surface area contributed by atoms with Gasteiger partial charge in [0.05, 0.1) is 17.8 Å². The highest BCUT2D eigenvalue weighted by atomic mass is 32.1. The summed E-state index contributed by atoms with van der Waals surface area (Å²) >= 11 is 1.22. The Balaban J connectivity index is 1.47. The molecule has 0 aliphatic heterocycles. The second-order valence-corrected chi connectivity index (χ2v) is 7.73. The number of aromatic nitrogens is 2. The summed E-state index contributed by atoms with van der Waals surface area (Å²) in [6.07, 6.45) is 0. The van der Waals surface area contributed by atoms with Gasteiger partial charge in [-0.2, -0.15) is 5.10 Å². The highest BCUT2D eigenvalue weighted by Crippen LogP contribution is 2.35. The molecular weight excluding hydrogens is 430 g/mol. The highest BCUT2D eigenvalue weighted by molar-refractivity contribution is 7.18. The zero-order chi connectivity index (χ0) is 22.5. The van der Waals surface area contributed by atoms with Crippen LogP contribution in [-0.2, 0) is 14.3 Å². The van der Waals surface area contributed by atoms with Crippen LogP contribution in [-0.4, -0.2) is 41.3 Å². The Morgan fingerprint density at radius 1 is 1.00 bits per heavy atom. The number of anilines is 1. The number of carbonyl (C=O) groups is 3. The van der Waals surface area contributed by atoms with Gasteiger partial charge in [0, 0.05) is 10.3 Å². The largest absolute Gasteiger partial charge is 0.462 e. The number of fused-ring (bicyclic) bond motifs is 1. The van der Waals surface area contributed by atoms with Crippen LogP contribution in [0.25, 0.3) is 21.3 Å². The summed E-state index contributed by atoms with van der Waals surface area (Å²) in [5.41, 5.74) is 2.00. The van der Waals surface area contributed by atoms with Crippen LogP contribution in [0.5, 0.6) is 0 Å². The number of hydrogen-bond donors (Lipinski definition) is 2. The molecule has 0 saturated heterocycles. The Kier molecular flexibility index (Phi) is 6.27. The number of esters is 2. The smallest absolute Gasteiger partial charge is 0.359 e. The summed E-state index contributed by atoms with van der Waals surface area (Å²) in [6, 6.07) is 18.3. The number of nitrogens with zero attached hydrogens (tertiary/aromatic N) is 1. The molecule has 32 heavy (non-hydrogen) atoms. The summed E-state index contributed by atoms with van der Waals surface area (Å²) in [6.45, 7) is 1.39. The molecule has 0 bridgehead atoms. The maximum atomic E-state index is 12.5. The minimum absolute atomic E-state index is 0.0995. The molecule has 0 unspecified atom stereocenters. The number of benzene rings is 2. The van der Waals surface area contributed by atoms with Crippen LogP contribution in [0.15, 0.2) is 60.7 Å². The molecule has 2 heterocycles. The fourth-order valence-corrected chi connectivity index (χ4v) is 4.09. The van der Waals surface area contributed by atoms with Gasteiger partial charge in [-0.1, -0.05) is 48.5 Å². The van der Waals surface area contributed by atoms with Crippen LogP contribution < -0.4 is 5.32 Å². The SMILES string of the molecule is CCOC(=O)c1sc(-c2ccccc2)cc1NC(=O)COC(=O)c1n[nH]c2ccccc12. The number of H-pyrrole nitrogens is 1. The molecule has 1 amide bonds. The third-order valence-corrected chi connectivity index (χ3v) is 5.69. The maximum absolute atomic E-state index is 12.5. The van der Waals surface area contributed by atoms with Crippen LogP contribution in [0.1, 0.15) is 27.1 Å². The van der Waals surface area contributed by atoms with Crippen LogP contribution in [0.3, 0.4) is 0 Å². The van der Waals surface area contributed by atoms with Crippen molar-refractivity contribution < 1.29 is 23.9 Å². The maximum Gasteiger partial charge on any atom is 0.359 e. The number of amides is 1. The lowest BCUT2D eigenvalue weighted by atomic mass is 10.2. The molecule has 0 fully saturated rings. The molecule has 4 rings (SSSR count). The standard InChI is InChI=1S/C23H19N3O5S/c1-2-30-23(29)21-17(12-18(32-21)14-8-4-3-5-9-14)24-19(27)13-31-22(28)20-15-10-6-7-11-16(15)25-26-20/h3-12H,2,13H2,1H3,(H,24,27)(H,25,26). The van der Waals surface area contributed by atoms with Gasteiger partial charge in [0.15, 0.2) is 12.3 Å². The number of hydrogen-bond acceptors (Lipinski definition) is 7. The first-order chi connectivity index (χ1) is 15.6. The summed E-state index contributed by atoms with van der Waals surface area (Å²) in [4.78, 5) is 38.3. The number of nitrogens with one attached hydrogen (secondary N) is 2. The van der Waals surface area contributed by atoms with Crippen LogP contribution in [0.2, 0.25) is 0 Å². The first-order valence-corrected chi connectivity index (χ1v) is 10.6. The third kappa shape index (κ3) is 4.52. The van der Waals surface area contributed by atoms with E-state index in [9.17, 15) is 14.4 Å². The normalized spacial score (nSPS) is 10.7. The van der Waals surface area contributed by atoms with Crippen molar-refractivity contribution in [3.63, 3.8) is 0 Å². The van der Waals surface area contributed by atoms with E-state index in [1.54, 1.807) is 31.2 Å². The fourth-order valence-electron chi connectivity index (χ4n) is 3.08. The van der Waals surface area contributed by atoms with Gasteiger partial charge in [-0.15, -0.1) is 11.3 Å². The molecule has 0 aliphatic rings. The highest BCUT2D eigenvalue weighted by Gasteiger charge is 2.21. The summed E-state index contributed by atoms with van der Waals surface area (Å²) in [7, 11) is 0. The van der Waals surface area contributed by atoms with Crippen LogP contribution in [0, 0.1) is 0 Å². The lowest BCUT2D eigenvalue weighted by Gasteiger charge is -2.06. The second kappa shape index (κ2) is 9.44. The Hall–Kier alpha value is -3.98. The Morgan fingerprint density at radius 2 is 1.75 bits per heavy atom. The molecule has 0 aliphatic carbocycles. The van der Waals surface area contributed by atoms with Crippen molar-refractivity contribution in [3.05, 3.63) is 71.2 Å². The average Bonchev–Trinajstić information content (AvgIpc) is 3.43. The fraction of sp³-hybridized carbons (Fsp3) is 0.130. The van der Waals surface area contributed by atoms with E-state index >= 15 is 0 Å². The van der Waals surface area contributed by atoms with E-state index in [1.165, 1.54) is 11.3 Å². The van der Waals surface area contributed by atoms with E-state index < -0.39 is 24.5 Å². The number of aromatic amines is 1. The first-order valence-electron chi connectivity index (χ1n) is 9.83. The minimum atomic E-state index is -0.724. The van der Waals surface area contributed by atoms with E-state index in [4.69, 9.17) is 9.47 Å². The van der Waals surface area contributed by atoms with Crippen molar-refractivity contribution in [2.24, 2.45) is 0 Å². The van der Waals surface area contributed by atoms with E-state index in [-0.39, 0.29) is 17.2 Å². The predicted molar refractivity (Wildman–Crippen MR) is 121 cm³/mol. The van der Waals surface area contributed by atoms with Crippen molar-refractivity contribution in [1.82, 2.24) is 10.2 Å². The molecule has 8 nitrogen and oxygen atoms in total. The minimum Gasteiger partial charge on any atom is -0.462 e. The van der Waals surface area contributed by atoms with Gasteiger partial charge in [0.1, 0.15) is 4.88 Å². The monoisotopic (exact) mass is 449 g/mol. The van der Waals surface area contributed by atoms with Gasteiger partial charge < -0.3 is 14.8 Å². The van der Waals surface area contributed by atoms with Crippen molar-refractivity contribution in [2.75, 3.05) is 18.5 Å². The number of carbonyl (C=O) groups excluding carboxylic acids is 3. The molecule has 4 aromatic rings. The first kappa shape index (κ1) is 21.3. The number of thiophene rings is 1. The second-order valence-electron chi connectivity index (χ2n) is 6.68. The van der Waals surface area contributed by atoms with Gasteiger partial charge in [0.2, 0.25) is 0 Å². The van der Waals surface area contributed by atoms with Gasteiger partial charge in [0.25, 0.3) is 5.91 Å². The lowest BCUT2D eigenvalue weighted by Crippen LogP contribution is -2.22. The van der Waals surface area contributed by atoms with Gasteiger partial charge in [-0.25, -0.2) is 9.59 Å². The molecule has 0 spiro atoms. The Bertz CT molecular complexity index is 1280. The van der Waals surface area contributed by atoms with Crippen LogP contribution in [0.4, 0.5) is 5.69 Å². The Morgan fingerprint density at radius 3 is 2.53 bits per heavy atom. The summed E-state index contributed by atoms with van der Waals surface area (Å²) in [5.74, 6) is -1.84. The predicted octanol–water partition coefficient (Wildman–Crippen LogP) is 4.26. The topological polar surface area (TPSA) is 110 Å². The zero-order valence-electron chi connectivity index (χ0n) is 17.1. The molecule has 162 valence electrons. The van der Waals surface area contributed by atoms with Crippen molar-refractivity contribution in [2.45, 2.75) is 6.92 Å². The van der Waals surface area contributed by atoms with E-state index in [0.29, 0.717) is 16.6 Å². The summed E-state index contributed by atoms with van der Waals surface area (Å²) in [5, 5.41) is 9.95. The molecule has 0 saturated carbocycles. The van der Waals surface area contributed by atoms with Crippen molar-refractivity contribution >= 4 is 45.8 Å². The average molecular weight is 449 g/mol. The van der Waals surface area contributed by atoms with E-state index in [2.05, 4.69) is 15.5 Å².